The van der Waals surface area contributed by atoms with Crippen LogP contribution >= 0.6 is 11.3 Å². The van der Waals surface area contributed by atoms with Gasteiger partial charge in [0.1, 0.15) is 0 Å². The number of nitro benzene ring substituents is 1. The molecule has 6 nitrogen and oxygen atoms in total. The molecule has 0 spiro atoms. The average Bonchev–Trinajstić information content (AvgIpc) is 3.03. The van der Waals surface area contributed by atoms with Gasteiger partial charge in [0, 0.05) is 28.8 Å². The summed E-state index contributed by atoms with van der Waals surface area (Å²) in [6, 6.07) is 6.64. The van der Waals surface area contributed by atoms with Crippen LogP contribution in [-0.4, -0.2) is 21.9 Å². The highest BCUT2D eigenvalue weighted by atomic mass is 32.1. The topological polar surface area (TPSA) is 72.8 Å². The Hall–Kier alpha value is -2.54. The SMILES string of the molecule is C=CCN=c1scc(-c2cccc([N+](=O)[O-])c2)n1N=C1CCCCC1. The third kappa shape index (κ3) is 4.11. The predicted octanol–water partition coefficient (Wildman–Crippen LogP) is 4.38. The normalized spacial score (nSPS) is 15.2. The van der Waals surface area contributed by atoms with Gasteiger partial charge < -0.3 is 0 Å². The molecular formula is C18H20N4O2S. The predicted molar refractivity (Wildman–Crippen MR) is 101 cm³/mol. The molecule has 0 radical (unpaired) electrons. The lowest BCUT2D eigenvalue weighted by Gasteiger charge is -2.13. The molecule has 7 heteroatoms. The van der Waals surface area contributed by atoms with Crippen LogP contribution in [0.3, 0.4) is 0 Å². The second kappa shape index (κ2) is 8.02. The van der Waals surface area contributed by atoms with Gasteiger partial charge in [0.2, 0.25) is 4.80 Å². The van der Waals surface area contributed by atoms with E-state index in [4.69, 9.17) is 5.10 Å². The summed E-state index contributed by atoms with van der Waals surface area (Å²) in [6.07, 6.45) is 7.31. The standard InChI is InChI=1S/C18H20N4O2S/c1-2-11-19-18-21(20-15-8-4-3-5-9-15)17(13-25-18)14-7-6-10-16(12-14)22(23)24/h2,6-7,10,12-13H,1,3-5,8-9,11H2. The van der Waals surface area contributed by atoms with E-state index in [2.05, 4.69) is 11.6 Å². The minimum atomic E-state index is -0.379. The average molecular weight is 356 g/mol. The molecule has 1 saturated carbocycles. The molecule has 25 heavy (non-hydrogen) atoms. The Kier molecular flexibility index (Phi) is 5.55. The lowest BCUT2D eigenvalue weighted by molar-refractivity contribution is -0.384. The van der Waals surface area contributed by atoms with Crippen LogP contribution in [0.15, 0.2) is 52.4 Å². The van der Waals surface area contributed by atoms with E-state index in [1.165, 1.54) is 23.8 Å². The first-order valence-electron chi connectivity index (χ1n) is 8.32. The Balaban J connectivity index is 2.10. The summed E-state index contributed by atoms with van der Waals surface area (Å²) in [7, 11) is 0. The van der Waals surface area contributed by atoms with Crippen LogP contribution in [0.1, 0.15) is 32.1 Å². The Labute approximate surface area is 150 Å². The third-order valence-electron chi connectivity index (χ3n) is 4.07. The first-order valence-corrected chi connectivity index (χ1v) is 9.20. The molecule has 1 aromatic heterocycles. The summed E-state index contributed by atoms with van der Waals surface area (Å²) < 4.78 is 1.83. The summed E-state index contributed by atoms with van der Waals surface area (Å²) in [5.41, 5.74) is 2.83. The number of thiazole rings is 1. The van der Waals surface area contributed by atoms with Crippen molar-refractivity contribution in [2.24, 2.45) is 10.1 Å². The van der Waals surface area contributed by atoms with Crippen LogP contribution < -0.4 is 4.80 Å². The molecule has 1 fully saturated rings. The lowest BCUT2D eigenvalue weighted by Crippen LogP contribution is -2.16. The maximum Gasteiger partial charge on any atom is 0.270 e. The lowest BCUT2D eigenvalue weighted by atomic mass is 9.99. The first kappa shape index (κ1) is 17.3. The molecule has 130 valence electrons. The zero-order valence-electron chi connectivity index (χ0n) is 13.9. The Morgan fingerprint density at radius 2 is 2.12 bits per heavy atom. The van der Waals surface area contributed by atoms with E-state index < -0.39 is 0 Å². The van der Waals surface area contributed by atoms with Crippen molar-refractivity contribution >= 4 is 22.7 Å². The van der Waals surface area contributed by atoms with Crippen molar-refractivity contribution in [3.63, 3.8) is 0 Å². The van der Waals surface area contributed by atoms with Crippen LogP contribution in [0.4, 0.5) is 5.69 Å². The summed E-state index contributed by atoms with van der Waals surface area (Å²) in [5.74, 6) is 0. The minimum Gasteiger partial charge on any atom is -0.258 e. The number of aromatic nitrogens is 1. The van der Waals surface area contributed by atoms with Crippen molar-refractivity contribution in [1.29, 1.82) is 0 Å². The maximum absolute atomic E-state index is 11.1. The van der Waals surface area contributed by atoms with Crippen LogP contribution in [0.5, 0.6) is 0 Å². The fourth-order valence-electron chi connectivity index (χ4n) is 2.83. The maximum atomic E-state index is 11.1. The molecule has 0 unspecified atom stereocenters. The smallest absolute Gasteiger partial charge is 0.258 e. The molecule has 1 heterocycles. The summed E-state index contributed by atoms with van der Waals surface area (Å²) in [4.78, 5) is 16.0. The molecule has 0 bridgehead atoms. The van der Waals surface area contributed by atoms with Crippen LogP contribution in [0, 0.1) is 10.1 Å². The molecule has 0 atom stereocenters. The molecule has 1 aromatic carbocycles. The molecular weight excluding hydrogens is 336 g/mol. The van der Waals surface area contributed by atoms with E-state index in [1.807, 2.05) is 16.1 Å². The number of benzene rings is 1. The number of hydrogen-bond acceptors (Lipinski definition) is 5. The number of rotatable bonds is 5. The molecule has 0 amide bonds. The van der Waals surface area contributed by atoms with Crippen molar-refractivity contribution in [2.75, 3.05) is 6.54 Å². The van der Waals surface area contributed by atoms with Gasteiger partial charge in [0.05, 0.1) is 17.2 Å². The number of nitro groups is 1. The van der Waals surface area contributed by atoms with E-state index >= 15 is 0 Å². The second-order valence-electron chi connectivity index (χ2n) is 5.88. The molecule has 2 aromatic rings. The highest BCUT2D eigenvalue weighted by Gasteiger charge is 2.14. The Morgan fingerprint density at radius 3 is 2.84 bits per heavy atom. The summed E-state index contributed by atoms with van der Waals surface area (Å²) in [5, 5.41) is 17.9. The molecule has 3 rings (SSSR count). The van der Waals surface area contributed by atoms with Crippen molar-refractivity contribution in [3.05, 3.63) is 57.2 Å². The molecule has 0 aliphatic heterocycles. The van der Waals surface area contributed by atoms with Gasteiger partial charge in [-0.15, -0.1) is 17.9 Å². The van der Waals surface area contributed by atoms with Crippen molar-refractivity contribution in [1.82, 2.24) is 4.68 Å². The second-order valence-corrected chi connectivity index (χ2v) is 6.72. The number of nitrogens with zero attached hydrogens (tertiary/aromatic N) is 4. The Morgan fingerprint density at radius 1 is 1.32 bits per heavy atom. The van der Waals surface area contributed by atoms with Crippen LogP contribution in [0.25, 0.3) is 11.3 Å². The van der Waals surface area contributed by atoms with Gasteiger partial charge in [-0.05, 0) is 25.7 Å². The van der Waals surface area contributed by atoms with Gasteiger partial charge in [-0.3, -0.25) is 15.1 Å². The van der Waals surface area contributed by atoms with Gasteiger partial charge in [0.15, 0.2) is 0 Å². The van der Waals surface area contributed by atoms with Crippen LogP contribution in [0.2, 0.25) is 0 Å². The minimum absolute atomic E-state index is 0.0742. The van der Waals surface area contributed by atoms with Gasteiger partial charge in [0.25, 0.3) is 5.69 Å². The van der Waals surface area contributed by atoms with E-state index in [0.29, 0.717) is 6.54 Å². The van der Waals surface area contributed by atoms with E-state index in [1.54, 1.807) is 18.2 Å². The van der Waals surface area contributed by atoms with E-state index in [9.17, 15) is 10.1 Å². The number of non-ortho nitro benzene ring substituents is 1. The molecule has 0 N–H and O–H groups in total. The molecule has 0 saturated heterocycles. The highest BCUT2D eigenvalue weighted by Crippen LogP contribution is 2.25. The largest absolute Gasteiger partial charge is 0.270 e. The van der Waals surface area contributed by atoms with Crippen LogP contribution in [-0.2, 0) is 0 Å². The van der Waals surface area contributed by atoms with Gasteiger partial charge in [-0.1, -0.05) is 24.6 Å². The monoisotopic (exact) mass is 356 g/mol. The third-order valence-corrected chi connectivity index (χ3v) is 4.92. The summed E-state index contributed by atoms with van der Waals surface area (Å²) in [6.45, 7) is 4.22. The fourth-order valence-corrected chi connectivity index (χ4v) is 3.67. The zero-order valence-corrected chi connectivity index (χ0v) is 14.7. The molecule has 1 aliphatic rings. The van der Waals surface area contributed by atoms with Crippen molar-refractivity contribution in [2.45, 2.75) is 32.1 Å². The van der Waals surface area contributed by atoms with Gasteiger partial charge in [-0.2, -0.15) is 5.10 Å². The zero-order chi connectivity index (χ0) is 17.6. The quantitative estimate of drug-likeness (QED) is 0.453. The number of hydrogen-bond donors (Lipinski definition) is 0. The van der Waals surface area contributed by atoms with Crippen molar-refractivity contribution < 1.29 is 4.92 Å². The fraction of sp³-hybridized carbons (Fsp3) is 0.333. The van der Waals surface area contributed by atoms with E-state index in [0.717, 1.165) is 47.5 Å². The summed E-state index contributed by atoms with van der Waals surface area (Å²) >= 11 is 1.49. The first-order chi connectivity index (χ1) is 12.2. The van der Waals surface area contributed by atoms with Gasteiger partial charge >= 0.3 is 0 Å². The van der Waals surface area contributed by atoms with Gasteiger partial charge in [-0.25, -0.2) is 4.68 Å². The Bertz CT molecular complexity index is 871. The van der Waals surface area contributed by atoms with E-state index in [-0.39, 0.29) is 10.6 Å². The van der Waals surface area contributed by atoms with Crippen molar-refractivity contribution in [3.8, 4) is 11.3 Å². The highest BCUT2D eigenvalue weighted by molar-refractivity contribution is 7.07. The molecule has 1 aliphatic carbocycles.